The summed E-state index contributed by atoms with van der Waals surface area (Å²) >= 11 is 7.42. The molecule has 7 heteroatoms. The Kier molecular flexibility index (Phi) is 6.63. The fourth-order valence-electron chi connectivity index (χ4n) is 3.30. The van der Waals surface area contributed by atoms with Crippen LogP contribution >= 0.6 is 23.4 Å². The van der Waals surface area contributed by atoms with Crippen molar-refractivity contribution in [2.24, 2.45) is 0 Å². The average molecular weight is 463 g/mol. The molecule has 4 aromatic rings. The van der Waals surface area contributed by atoms with Gasteiger partial charge in [-0.3, -0.25) is 9.36 Å². The van der Waals surface area contributed by atoms with Crippen molar-refractivity contribution in [3.05, 3.63) is 88.4 Å². The molecule has 1 amide bonds. The summed E-state index contributed by atoms with van der Waals surface area (Å²) in [7, 11) is 0. The largest absolute Gasteiger partial charge is 0.325 e. The van der Waals surface area contributed by atoms with E-state index in [9.17, 15) is 4.79 Å². The number of benzene rings is 3. The Bertz CT molecular complexity index is 1270. The lowest BCUT2D eigenvalue weighted by atomic mass is 10.1. The topological polar surface area (TPSA) is 59.8 Å². The molecule has 0 bridgehead atoms. The molecule has 0 aliphatic carbocycles. The number of nitrogens with zero attached hydrogens (tertiary/aromatic N) is 3. The number of amides is 1. The van der Waals surface area contributed by atoms with Crippen LogP contribution in [0.2, 0.25) is 5.02 Å². The molecule has 0 atom stereocenters. The quantitative estimate of drug-likeness (QED) is 0.344. The number of nitrogens with one attached hydrogen (secondary N) is 1. The zero-order valence-electron chi connectivity index (χ0n) is 18.1. The molecule has 0 aliphatic heterocycles. The lowest BCUT2D eigenvalue weighted by Gasteiger charge is -2.12. The van der Waals surface area contributed by atoms with Gasteiger partial charge in [-0.2, -0.15) is 0 Å². The minimum atomic E-state index is -0.0942. The number of aryl methyl sites for hydroxylation is 3. The predicted octanol–water partition coefficient (Wildman–Crippen LogP) is 6.24. The van der Waals surface area contributed by atoms with E-state index >= 15 is 0 Å². The molecule has 0 fully saturated rings. The maximum absolute atomic E-state index is 12.6. The third-order valence-corrected chi connectivity index (χ3v) is 6.30. The first-order valence-corrected chi connectivity index (χ1v) is 11.6. The van der Waals surface area contributed by atoms with Crippen LogP contribution in [0.25, 0.3) is 17.1 Å². The molecule has 0 aliphatic rings. The fourth-order valence-corrected chi connectivity index (χ4v) is 4.17. The minimum Gasteiger partial charge on any atom is -0.325 e. The Morgan fingerprint density at radius 3 is 2.47 bits per heavy atom. The zero-order chi connectivity index (χ0) is 22.7. The molecular weight excluding hydrogens is 440 g/mol. The molecule has 4 rings (SSSR count). The Morgan fingerprint density at radius 2 is 1.75 bits per heavy atom. The van der Waals surface area contributed by atoms with E-state index < -0.39 is 0 Å². The van der Waals surface area contributed by atoms with Gasteiger partial charge < -0.3 is 5.32 Å². The van der Waals surface area contributed by atoms with Crippen LogP contribution in [-0.2, 0) is 4.79 Å². The van der Waals surface area contributed by atoms with Gasteiger partial charge in [0.25, 0.3) is 0 Å². The van der Waals surface area contributed by atoms with E-state index in [1.165, 1.54) is 22.9 Å². The number of halogens is 1. The second-order valence-electron chi connectivity index (χ2n) is 7.62. The van der Waals surface area contributed by atoms with Crippen molar-refractivity contribution >= 4 is 35.0 Å². The number of anilines is 1. The van der Waals surface area contributed by atoms with Crippen LogP contribution in [0.3, 0.4) is 0 Å². The molecule has 0 spiro atoms. The van der Waals surface area contributed by atoms with Gasteiger partial charge >= 0.3 is 0 Å². The van der Waals surface area contributed by atoms with Crippen LogP contribution in [-0.4, -0.2) is 26.4 Å². The highest BCUT2D eigenvalue weighted by atomic mass is 35.5. The zero-order valence-corrected chi connectivity index (χ0v) is 19.7. The highest BCUT2D eigenvalue weighted by Crippen LogP contribution is 2.29. The van der Waals surface area contributed by atoms with Crippen LogP contribution in [0.4, 0.5) is 5.69 Å². The number of carbonyl (C=O) groups is 1. The summed E-state index contributed by atoms with van der Waals surface area (Å²) in [6, 6.07) is 21.5. The van der Waals surface area contributed by atoms with Crippen molar-refractivity contribution in [3.63, 3.8) is 0 Å². The molecule has 5 nitrogen and oxygen atoms in total. The maximum atomic E-state index is 12.6. The second kappa shape index (κ2) is 9.59. The average Bonchev–Trinajstić information content (AvgIpc) is 3.19. The molecule has 1 heterocycles. The standard InChI is InChI=1S/C25H23ClN4OS/c1-16-5-4-6-21(13-16)27-23(31)15-32-25-29-28-24(19-8-10-20(26)11-9-19)30(25)22-12-7-17(2)18(3)14-22/h4-14H,15H2,1-3H3,(H,27,31). The smallest absolute Gasteiger partial charge is 0.234 e. The molecule has 32 heavy (non-hydrogen) atoms. The first kappa shape index (κ1) is 22.1. The van der Waals surface area contributed by atoms with Crippen molar-refractivity contribution in [1.29, 1.82) is 0 Å². The van der Waals surface area contributed by atoms with Gasteiger partial charge in [0.05, 0.1) is 11.4 Å². The van der Waals surface area contributed by atoms with E-state index in [2.05, 4.69) is 41.5 Å². The summed E-state index contributed by atoms with van der Waals surface area (Å²) in [6.07, 6.45) is 0. The summed E-state index contributed by atoms with van der Waals surface area (Å²) in [5.74, 6) is 0.826. The summed E-state index contributed by atoms with van der Waals surface area (Å²) in [4.78, 5) is 12.6. The molecule has 3 aromatic carbocycles. The van der Waals surface area contributed by atoms with Crippen LogP contribution in [0, 0.1) is 20.8 Å². The number of hydrogen-bond donors (Lipinski definition) is 1. The Morgan fingerprint density at radius 1 is 0.969 bits per heavy atom. The summed E-state index contributed by atoms with van der Waals surface area (Å²) in [6.45, 7) is 6.15. The Labute approximate surface area is 196 Å². The van der Waals surface area contributed by atoms with Gasteiger partial charge in [0.15, 0.2) is 11.0 Å². The minimum absolute atomic E-state index is 0.0942. The van der Waals surface area contributed by atoms with Gasteiger partial charge in [0.1, 0.15) is 0 Å². The van der Waals surface area contributed by atoms with E-state index in [1.807, 2.05) is 66.1 Å². The number of thioether (sulfide) groups is 1. The van der Waals surface area contributed by atoms with Crippen molar-refractivity contribution in [3.8, 4) is 17.1 Å². The van der Waals surface area contributed by atoms with Crippen molar-refractivity contribution in [2.75, 3.05) is 11.1 Å². The van der Waals surface area contributed by atoms with E-state index in [-0.39, 0.29) is 11.7 Å². The monoisotopic (exact) mass is 462 g/mol. The van der Waals surface area contributed by atoms with Gasteiger partial charge in [-0.15, -0.1) is 10.2 Å². The summed E-state index contributed by atoms with van der Waals surface area (Å²) in [5.41, 5.74) is 6.11. The number of rotatable bonds is 6. The highest BCUT2D eigenvalue weighted by Gasteiger charge is 2.18. The van der Waals surface area contributed by atoms with Crippen LogP contribution in [0.1, 0.15) is 16.7 Å². The number of aromatic nitrogens is 3. The van der Waals surface area contributed by atoms with Crippen molar-refractivity contribution in [2.45, 2.75) is 25.9 Å². The normalized spacial score (nSPS) is 10.9. The van der Waals surface area contributed by atoms with E-state index in [0.717, 1.165) is 22.5 Å². The van der Waals surface area contributed by atoms with Crippen molar-refractivity contribution in [1.82, 2.24) is 14.8 Å². The fraction of sp³-hybridized carbons (Fsp3) is 0.160. The summed E-state index contributed by atoms with van der Waals surface area (Å²) < 4.78 is 1.99. The van der Waals surface area contributed by atoms with Gasteiger partial charge in [-0.1, -0.05) is 41.6 Å². The molecule has 0 unspecified atom stereocenters. The molecule has 0 saturated carbocycles. The summed E-state index contributed by atoms with van der Waals surface area (Å²) in [5, 5.41) is 13.1. The number of carbonyl (C=O) groups excluding carboxylic acids is 1. The first-order chi connectivity index (χ1) is 15.4. The predicted molar refractivity (Wildman–Crippen MR) is 132 cm³/mol. The molecule has 0 saturated heterocycles. The van der Waals surface area contributed by atoms with Crippen LogP contribution < -0.4 is 5.32 Å². The third kappa shape index (κ3) is 5.03. The molecule has 1 aromatic heterocycles. The van der Waals surface area contributed by atoms with Gasteiger partial charge in [-0.25, -0.2) is 0 Å². The van der Waals surface area contributed by atoms with Gasteiger partial charge in [0.2, 0.25) is 5.91 Å². The van der Waals surface area contributed by atoms with Crippen molar-refractivity contribution < 1.29 is 4.79 Å². The Balaban J connectivity index is 1.63. The van der Waals surface area contributed by atoms with E-state index in [4.69, 9.17) is 11.6 Å². The molecule has 0 radical (unpaired) electrons. The molecular formula is C25H23ClN4OS. The molecule has 1 N–H and O–H groups in total. The first-order valence-electron chi connectivity index (χ1n) is 10.2. The van der Waals surface area contributed by atoms with Gasteiger partial charge in [0, 0.05) is 16.3 Å². The highest BCUT2D eigenvalue weighted by molar-refractivity contribution is 7.99. The SMILES string of the molecule is Cc1cccc(NC(=O)CSc2nnc(-c3ccc(Cl)cc3)n2-c2ccc(C)c(C)c2)c1. The third-order valence-electron chi connectivity index (χ3n) is 5.12. The Hall–Kier alpha value is -3.09. The maximum Gasteiger partial charge on any atom is 0.234 e. The number of hydrogen-bond acceptors (Lipinski definition) is 4. The second-order valence-corrected chi connectivity index (χ2v) is 9.00. The lowest BCUT2D eigenvalue weighted by molar-refractivity contribution is -0.113. The van der Waals surface area contributed by atoms with E-state index in [1.54, 1.807) is 0 Å². The lowest BCUT2D eigenvalue weighted by Crippen LogP contribution is -2.14. The van der Waals surface area contributed by atoms with E-state index in [0.29, 0.717) is 16.0 Å². The van der Waals surface area contributed by atoms with Gasteiger partial charge in [-0.05, 0) is 86.0 Å². The van der Waals surface area contributed by atoms with Crippen LogP contribution in [0.5, 0.6) is 0 Å². The molecule has 162 valence electrons. The van der Waals surface area contributed by atoms with Crippen LogP contribution in [0.15, 0.2) is 71.9 Å².